The molecule has 0 aromatic heterocycles. The second kappa shape index (κ2) is 4.82. The monoisotopic (exact) mass is 285 g/mol. The molecule has 0 saturated heterocycles. The van der Waals surface area contributed by atoms with Crippen LogP contribution >= 0.6 is 0 Å². The molecule has 0 spiro atoms. The number of aryl methyl sites for hydroxylation is 1. The Morgan fingerprint density at radius 2 is 2.10 bits per heavy atom. The van der Waals surface area contributed by atoms with Gasteiger partial charge in [-0.2, -0.15) is 0 Å². The van der Waals surface area contributed by atoms with E-state index >= 15 is 0 Å². The highest BCUT2D eigenvalue weighted by Gasteiger charge is 2.53. The molecule has 2 saturated carbocycles. The van der Waals surface area contributed by atoms with Gasteiger partial charge in [-0.25, -0.2) is 0 Å². The minimum atomic E-state index is 0.164. The molecular weight excluding hydrogens is 258 g/mol. The van der Waals surface area contributed by atoms with Crippen LogP contribution in [0.25, 0.3) is 0 Å². The van der Waals surface area contributed by atoms with Gasteiger partial charge in [-0.05, 0) is 78.4 Å². The number of rotatable bonds is 1. The lowest BCUT2D eigenvalue weighted by molar-refractivity contribution is 0.0496. The number of nitrogens with two attached hydrogens (primary N) is 1. The van der Waals surface area contributed by atoms with Crippen LogP contribution in [0.3, 0.4) is 0 Å². The van der Waals surface area contributed by atoms with Crippen LogP contribution in [0.1, 0.15) is 61.6 Å². The summed E-state index contributed by atoms with van der Waals surface area (Å²) in [5.74, 6) is 2.41. The lowest BCUT2D eigenvalue weighted by atomic mass is 9.55. The van der Waals surface area contributed by atoms with E-state index in [2.05, 4.69) is 25.1 Å². The van der Waals surface area contributed by atoms with E-state index in [1.54, 1.807) is 5.56 Å². The highest BCUT2D eigenvalue weighted by molar-refractivity contribution is 5.38. The van der Waals surface area contributed by atoms with E-state index in [-0.39, 0.29) is 6.61 Å². The third-order valence-corrected chi connectivity index (χ3v) is 7.05. The Hall–Kier alpha value is -0.860. The molecule has 1 aromatic carbocycles. The summed E-state index contributed by atoms with van der Waals surface area (Å²) in [5, 5.41) is 9.34. The zero-order valence-corrected chi connectivity index (χ0v) is 13.0. The maximum absolute atomic E-state index is 9.34. The van der Waals surface area contributed by atoms with Gasteiger partial charge < -0.3 is 10.8 Å². The molecule has 2 nitrogen and oxygen atoms in total. The Morgan fingerprint density at radius 3 is 2.90 bits per heavy atom. The SMILES string of the molecule is C[C@]12CC[C@@H]3c4ccc(CO)cc4CC[C@H]3C1CC[C@@H]2N. The summed E-state index contributed by atoms with van der Waals surface area (Å²) >= 11 is 0. The molecule has 114 valence electrons. The van der Waals surface area contributed by atoms with Gasteiger partial charge in [-0.1, -0.05) is 25.1 Å². The summed E-state index contributed by atoms with van der Waals surface area (Å²) in [5.41, 5.74) is 11.0. The lowest BCUT2D eigenvalue weighted by Gasteiger charge is -2.50. The average Bonchev–Trinajstić information content (AvgIpc) is 2.82. The van der Waals surface area contributed by atoms with E-state index in [4.69, 9.17) is 5.73 Å². The van der Waals surface area contributed by atoms with Crippen LogP contribution < -0.4 is 5.73 Å². The number of benzene rings is 1. The quantitative estimate of drug-likeness (QED) is 0.831. The molecule has 0 aliphatic heterocycles. The summed E-state index contributed by atoms with van der Waals surface area (Å²) in [7, 11) is 0. The van der Waals surface area contributed by atoms with E-state index in [1.165, 1.54) is 44.1 Å². The van der Waals surface area contributed by atoms with Crippen LogP contribution in [0.2, 0.25) is 0 Å². The Kier molecular flexibility index (Phi) is 3.16. The van der Waals surface area contributed by atoms with Crippen molar-refractivity contribution in [1.82, 2.24) is 0 Å². The molecule has 3 N–H and O–H groups in total. The van der Waals surface area contributed by atoms with E-state index in [0.717, 1.165) is 23.3 Å². The maximum Gasteiger partial charge on any atom is 0.0681 e. The van der Waals surface area contributed by atoms with E-state index in [1.807, 2.05) is 0 Å². The molecule has 0 radical (unpaired) electrons. The Morgan fingerprint density at radius 1 is 1.24 bits per heavy atom. The van der Waals surface area contributed by atoms with Gasteiger partial charge in [0.1, 0.15) is 0 Å². The third kappa shape index (κ3) is 1.92. The van der Waals surface area contributed by atoms with Crippen molar-refractivity contribution < 1.29 is 5.11 Å². The van der Waals surface area contributed by atoms with Crippen LogP contribution in [-0.4, -0.2) is 11.1 Å². The molecule has 0 amide bonds. The fourth-order valence-corrected chi connectivity index (χ4v) is 5.77. The van der Waals surface area contributed by atoms with Crippen molar-refractivity contribution in [3.8, 4) is 0 Å². The summed E-state index contributed by atoms with van der Waals surface area (Å²) in [6.45, 7) is 2.62. The maximum atomic E-state index is 9.34. The van der Waals surface area contributed by atoms with E-state index in [0.29, 0.717) is 11.5 Å². The number of hydrogen-bond donors (Lipinski definition) is 2. The molecule has 1 unspecified atom stereocenters. The third-order valence-electron chi connectivity index (χ3n) is 7.05. The standard InChI is InChI=1S/C19H27NO/c1-19-9-8-15-14-4-2-12(11-21)10-13(14)3-5-16(15)17(19)6-7-18(19)20/h2,4,10,15-18,21H,3,5-9,11,20H2,1H3/t15-,16-,17?,18+,19+/m1/s1. The number of aliphatic hydroxyl groups excluding tert-OH is 1. The molecule has 3 aliphatic carbocycles. The second-order valence-corrected chi connectivity index (χ2v) is 7.84. The lowest BCUT2D eigenvalue weighted by Crippen LogP contribution is -2.46. The number of aliphatic hydroxyl groups is 1. The van der Waals surface area contributed by atoms with Crippen molar-refractivity contribution in [2.75, 3.05) is 0 Å². The van der Waals surface area contributed by atoms with Crippen molar-refractivity contribution in [3.63, 3.8) is 0 Å². The zero-order valence-electron chi connectivity index (χ0n) is 13.0. The van der Waals surface area contributed by atoms with Crippen LogP contribution in [0.4, 0.5) is 0 Å². The first-order valence-electron chi connectivity index (χ1n) is 8.61. The minimum absolute atomic E-state index is 0.164. The fraction of sp³-hybridized carbons (Fsp3) is 0.684. The van der Waals surface area contributed by atoms with Crippen LogP contribution in [-0.2, 0) is 13.0 Å². The van der Waals surface area contributed by atoms with E-state index < -0.39 is 0 Å². The molecule has 21 heavy (non-hydrogen) atoms. The molecule has 0 heterocycles. The van der Waals surface area contributed by atoms with Gasteiger partial charge in [0.25, 0.3) is 0 Å². The predicted octanol–water partition coefficient (Wildman–Crippen LogP) is 3.36. The highest BCUT2D eigenvalue weighted by atomic mass is 16.3. The van der Waals surface area contributed by atoms with Crippen molar-refractivity contribution in [1.29, 1.82) is 0 Å². The molecule has 5 atom stereocenters. The van der Waals surface area contributed by atoms with Crippen LogP contribution in [0.15, 0.2) is 18.2 Å². The van der Waals surface area contributed by atoms with Crippen molar-refractivity contribution in [2.24, 2.45) is 23.0 Å². The molecule has 3 aliphatic rings. The van der Waals surface area contributed by atoms with Gasteiger partial charge in [-0.15, -0.1) is 0 Å². The number of hydrogen-bond acceptors (Lipinski definition) is 2. The highest BCUT2D eigenvalue weighted by Crippen LogP contribution is 2.60. The molecule has 2 heteroatoms. The normalized spacial score (nSPS) is 41.3. The van der Waals surface area contributed by atoms with Gasteiger partial charge in [0, 0.05) is 6.04 Å². The fourth-order valence-electron chi connectivity index (χ4n) is 5.77. The molecule has 4 rings (SSSR count). The summed E-state index contributed by atoms with van der Waals surface area (Å²) in [6, 6.07) is 7.08. The Balaban J connectivity index is 1.68. The largest absolute Gasteiger partial charge is 0.392 e. The van der Waals surface area contributed by atoms with Gasteiger partial charge >= 0.3 is 0 Å². The smallest absolute Gasteiger partial charge is 0.0681 e. The first-order chi connectivity index (χ1) is 10.1. The Labute approximate surface area is 127 Å². The molecule has 0 bridgehead atoms. The second-order valence-electron chi connectivity index (χ2n) is 7.84. The summed E-state index contributed by atoms with van der Waals surface area (Å²) in [4.78, 5) is 0. The predicted molar refractivity (Wildman–Crippen MR) is 85.0 cm³/mol. The van der Waals surface area contributed by atoms with Crippen LogP contribution in [0.5, 0.6) is 0 Å². The van der Waals surface area contributed by atoms with Crippen molar-refractivity contribution in [3.05, 3.63) is 34.9 Å². The van der Waals surface area contributed by atoms with Gasteiger partial charge in [0.15, 0.2) is 0 Å². The molecular formula is C19H27NO. The van der Waals surface area contributed by atoms with Crippen molar-refractivity contribution in [2.45, 2.75) is 64.0 Å². The topological polar surface area (TPSA) is 46.2 Å². The van der Waals surface area contributed by atoms with Gasteiger partial charge in [-0.3, -0.25) is 0 Å². The molecule has 2 fully saturated rings. The van der Waals surface area contributed by atoms with Gasteiger partial charge in [0.05, 0.1) is 6.61 Å². The van der Waals surface area contributed by atoms with E-state index in [9.17, 15) is 5.11 Å². The zero-order chi connectivity index (χ0) is 14.6. The average molecular weight is 285 g/mol. The van der Waals surface area contributed by atoms with Crippen molar-refractivity contribution >= 4 is 0 Å². The first kappa shape index (κ1) is 13.8. The minimum Gasteiger partial charge on any atom is -0.392 e. The summed E-state index contributed by atoms with van der Waals surface area (Å²) < 4.78 is 0. The number of fused-ring (bicyclic) bond motifs is 5. The first-order valence-corrected chi connectivity index (χ1v) is 8.61. The van der Waals surface area contributed by atoms with Gasteiger partial charge in [0.2, 0.25) is 0 Å². The molecule has 1 aromatic rings. The summed E-state index contributed by atoms with van der Waals surface area (Å²) in [6.07, 6.45) is 7.66. The Bertz CT molecular complexity index is 554. The van der Waals surface area contributed by atoms with Crippen LogP contribution in [0, 0.1) is 17.3 Å².